The standard InChI is InChI=1S/C22H25ClN4O3/c1-26(2)21(29)15-5-8-17(9-6-15)25-20(28)14-24-19-13-16(23)7-10-18(19)22(30)27-11-3-4-12-27/h5-10,13,24H,3-4,11-12,14H2,1-2H3,(H,25,28). The average Bonchev–Trinajstić information content (AvgIpc) is 3.27. The third kappa shape index (κ3) is 5.30. The minimum Gasteiger partial charge on any atom is -0.375 e. The Hall–Kier alpha value is -3.06. The number of rotatable bonds is 6. The molecule has 7 nitrogen and oxygen atoms in total. The summed E-state index contributed by atoms with van der Waals surface area (Å²) in [5.74, 6) is -0.444. The minimum atomic E-state index is -0.277. The summed E-state index contributed by atoms with van der Waals surface area (Å²) < 4.78 is 0. The van der Waals surface area contributed by atoms with Crippen molar-refractivity contribution in [2.24, 2.45) is 0 Å². The summed E-state index contributed by atoms with van der Waals surface area (Å²) in [7, 11) is 3.37. The largest absolute Gasteiger partial charge is 0.375 e. The van der Waals surface area contributed by atoms with Crippen molar-refractivity contribution >= 4 is 40.7 Å². The number of likely N-dealkylation sites (tertiary alicyclic amines) is 1. The van der Waals surface area contributed by atoms with Gasteiger partial charge in [-0.3, -0.25) is 14.4 Å². The number of hydrogen-bond donors (Lipinski definition) is 2. The van der Waals surface area contributed by atoms with E-state index in [2.05, 4.69) is 10.6 Å². The van der Waals surface area contributed by atoms with Gasteiger partial charge in [0.05, 0.1) is 12.1 Å². The lowest BCUT2D eigenvalue weighted by Gasteiger charge is -2.18. The first-order valence-corrected chi connectivity index (χ1v) is 10.2. The maximum atomic E-state index is 12.8. The van der Waals surface area contributed by atoms with E-state index in [-0.39, 0.29) is 24.3 Å². The van der Waals surface area contributed by atoms with Crippen LogP contribution in [0.4, 0.5) is 11.4 Å². The summed E-state index contributed by atoms with van der Waals surface area (Å²) in [5.41, 5.74) is 2.15. The molecular weight excluding hydrogens is 404 g/mol. The molecule has 8 heteroatoms. The molecule has 0 aromatic heterocycles. The molecule has 1 aliphatic heterocycles. The predicted molar refractivity (Wildman–Crippen MR) is 118 cm³/mol. The highest BCUT2D eigenvalue weighted by Crippen LogP contribution is 2.24. The molecule has 0 radical (unpaired) electrons. The third-order valence-electron chi connectivity index (χ3n) is 4.87. The molecule has 158 valence electrons. The van der Waals surface area contributed by atoms with Gasteiger partial charge in [0.2, 0.25) is 5.91 Å². The number of amides is 3. The van der Waals surface area contributed by atoms with E-state index >= 15 is 0 Å². The highest BCUT2D eigenvalue weighted by atomic mass is 35.5. The lowest BCUT2D eigenvalue weighted by molar-refractivity contribution is -0.114. The number of anilines is 2. The summed E-state index contributed by atoms with van der Waals surface area (Å²) >= 11 is 6.09. The van der Waals surface area contributed by atoms with Crippen LogP contribution in [0.5, 0.6) is 0 Å². The lowest BCUT2D eigenvalue weighted by Crippen LogP contribution is -2.29. The molecule has 0 saturated carbocycles. The summed E-state index contributed by atoms with van der Waals surface area (Å²) in [5, 5.41) is 6.27. The van der Waals surface area contributed by atoms with Gasteiger partial charge >= 0.3 is 0 Å². The molecule has 2 aromatic carbocycles. The zero-order valence-corrected chi connectivity index (χ0v) is 17.8. The summed E-state index contributed by atoms with van der Waals surface area (Å²) in [4.78, 5) is 40.4. The Morgan fingerprint density at radius 3 is 2.33 bits per heavy atom. The summed E-state index contributed by atoms with van der Waals surface area (Å²) in [6.07, 6.45) is 2.01. The predicted octanol–water partition coefficient (Wildman–Crippen LogP) is 3.33. The maximum Gasteiger partial charge on any atom is 0.255 e. The van der Waals surface area contributed by atoms with E-state index in [0.717, 1.165) is 25.9 Å². The van der Waals surface area contributed by atoms with Crippen molar-refractivity contribution < 1.29 is 14.4 Å². The molecule has 0 aliphatic carbocycles. The van der Waals surface area contributed by atoms with Gasteiger partial charge in [0.15, 0.2) is 0 Å². The highest BCUT2D eigenvalue weighted by Gasteiger charge is 2.22. The van der Waals surface area contributed by atoms with Crippen molar-refractivity contribution in [3.8, 4) is 0 Å². The van der Waals surface area contributed by atoms with Gasteiger partial charge in [-0.15, -0.1) is 0 Å². The van der Waals surface area contributed by atoms with Crippen molar-refractivity contribution in [1.82, 2.24) is 9.80 Å². The van der Waals surface area contributed by atoms with Crippen LogP contribution in [0.1, 0.15) is 33.6 Å². The fourth-order valence-corrected chi connectivity index (χ4v) is 3.45. The quantitative estimate of drug-likeness (QED) is 0.739. The number of halogens is 1. The number of carbonyl (C=O) groups excluding carboxylic acids is 3. The molecule has 1 saturated heterocycles. The Morgan fingerprint density at radius 1 is 1.03 bits per heavy atom. The molecule has 0 unspecified atom stereocenters. The number of hydrogen-bond acceptors (Lipinski definition) is 4. The molecule has 3 rings (SSSR count). The molecule has 2 N–H and O–H groups in total. The Bertz CT molecular complexity index is 938. The first-order valence-electron chi connectivity index (χ1n) is 9.79. The van der Waals surface area contributed by atoms with Gasteiger partial charge in [-0.1, -0.05) is 11.6 Å². The van der Waals surface area contributed by atoms with Crippen molar-refractivity contribution in [2.75, 3.05) is 44.4 Å². The van der Waals surface area contributed by atoms with Gasteiger partial charge in [-0.05, 0) is 55.3 Å². The number of benzene rings is 2. The minimum absolute atomic E-state index is 0.0288. The number of carbonyl (C=O) groups is 3. The van der Waals surface area contributed by atoms with E-state index in [1.807, 2.05) is 4.90 Å². The van der Waals surface area contributed by atoms with E-state index in [4.69, 9.17) is 11.6 Å². The SMILES string of the molecule is CN(C)C(=O)c1ccc(NC(=O)CNc2cc(Cl)ccc2C(=O)N2CCCC2)cc1. The Balaban J connectivity index is 1.62. The number of nitrogens with one attached hydrogen (secondary N) is 2. The van der Waals surface area contributed by atoms with Gasteiger partial charge in [0.25, 0.3) is 11.8 Å². The molecule has 0 atom stereocenters. The van der Waals surface area contributed by atoms with Gasteiger partial charge in [0.1, 0.15) is 0 Å². The van der Waals surface area contributed by atoms with Gasteiger partial charge in [-0.2, -0.15) is 0 Å². The van der Waals surface area contributed by atoms with Gasteiger partial charge < -0.3 is 20.4 Å². The van der Waals surface area contributed by atoms with E-state index < -0.39 is 0 Å². The first-order chi connectivity index (χ1) is 14.3. The fourth-order valence-electron chi connectivity index (χ4n) is 3.27. The van der Waals surface area contributed by atoms with Crippen molar-refractivity contribution in [1.29, 1.82) is 0 Å². The van der Waals surface area contributed by atoms with Crippen LogP contribution in [0, 0.1) is 0 Å². The average molecular weight is 429 g/mol. The van der Waals surface area contributed by atoms with Gasteiger partial charge in [-0.25, -0.2) is 0 Å². The van der Waals surface area contributed by atoms with Crippen LogP contribution < -0.4 is 10.6 Å². The third-order valence-corrected chi connectivity index (χ3v) is 5.10. The van der Waals surface area contributed by atoms with Crippen molar-refractivity contribution in [3.05, 3.63) is 58.6 Å². The van der Waals surface area contributed by atoms with Crippen LogP contribution in [0.25, 0.3) is 0 Å². The van der Waals surface area contributed by atoms with Crippen molar-refractivity contribution in [2.45, 2.75) is 12.8 Å². The maximum absolute atomic E-state index is 12.8. The van der Waals surface area contributed by atoms with Crippen LogP contribution in [0.3, 0.4) is 0 Å². The molecule has 2 aromatic rings. The van der Waals surface area contributed by atoms with Crippen LogP contribution in [-0.2, 0) is 4.79 Å². The number of nitrogens with zero attached hydrogens (tertiary/aromatic N) is 2. The Morgan fingerprint density at radius 2 is 1.70 bits per heavy atom. The second kappa shape index (κ2) is 9.63. The first kappa shape index (κ1) is 21.6. The summed E-state index contributed by atoms with van der Waals surface area (Å²) in [6, 6.07) is 11.7. The fraction of sp³-hybridized carbons (Fsp3) is 0.318. The molecule has 1 heterocycles. The van der Waals surface area contributed by atoms with Crippen LogP contribution in [0.2, 0.25) is 5.02 Å². The van der Waals surface area contributed by atoms with E-state index in [9.17, 15) is 14.4 Å². The van der Waals surface area contributed by atoms with Crippen molar-refractivity contribution in [3.63, 3.8) is 0 Å². The van der Waals surface area contributed by atoms with E-state index in [0.29, 0.717) is 27.5 Å². The molecule has 0 bridgehead atoms. The van der Waals surface area contributed by atoms with Crippen LogP contribution in [-0.4, -0.2) is 61.3 Å². The Kier molecular flexibility index (Phi) is 6.95. The van der Waals surface area contributed by atoms with E-state index in [1.54, 1.807) is 56.6 Å². The molecular formula is C22H25ClN4O3. The summed E-state index contributed by atoms with van der Waals surface area (Å²) in [6.45, 7) is 1.46. The highest BCUT2D eigenvalue weighted by molar-refractivity contribution is 6.31. The van der Waals surface area contributed by atoms with Crippen LogP contribution >= 0.6 is 11.6 Å². The molecule has 0 spiro atoms. The van der Waals surface area contributed by atoms with Crippen LogP contribution in [0.15, 0.2) is 42.5 Å². The topological polar surface area (TPSA) is 81.8 Å². The molecule has 1 fully saturated rings. The van der Waals surface area contributed by atoms with E-state index in [1.165, 1.54) is 4.90 Å². The lowest BCUT2D eigenvalue weighted by atomic mass is 10.1. The second-order valence-corrected chi connectivity index (χ2v) is 7.80. The molecule has 30 heavy (non-hydrogen) atoms. The smallest absolute Gasteiger partial charge is 0.255 e. The monoisotopic (exact) mass is 428 g/mol. The Labute approximate surface area is 181 Å². The molecule has 3 amide bonds. The normalized spacial score (nSPS) is 13.1. The zero-order valence-electron chi connectivity index (χ0n) is 17.1. The molecule has 1 aliphatic rings. The van der Waals surface area contributed by atoms with Gasteiger partial charge in [0, 0.05) is 49.1 Å². The second-order valence-electron chi connectivity index (χ2n) is 7.37. The zero-order chi connectivity index (χ0) is 21.7.